The van der Waals surface area contributed by atoms with E-state index in [1.54, 1.807) is 0 Å². The van der Waals surface area contributed by atoms with Gasteiger partial charge in [0.1, 0.15) is 17.2 Å². The Balaban J connectivity index is 2.33. The molecule has 86 valence electrons. The summed E-state index contributed by atoms with van der Waals surface area (Å²) in [6.45, 7) is 4.23. The van der Waals surface area contributed by atoms with Crippen molar-refractivity contribution in [2.75, 3.05) is 0 Å². The van der Waals surface area contributed by atoms with Gasteiger partial charge in [-0.15, -0.1) is 0 Å². The summed E-state index contributed by atoms with van der Waals surface area (Å²) in [7, 11) is 0. The molecule has 2 aromatic rings. The van der Waals surface area contributed by atoms with Crippen molar-refractivity contribution in [3.05, 3.63) is 29.6 Å². The van der Waals surface area contributed by atoms with Crippen molar-refractivity contribution < 1.29 is 8.78 Å². The molecular formula is C12H14F2N2. The van der Waals surface area contributed by atoms with Crippen LogP contribution in [-0.2, 0) is 6.42 Å². The van der Waals surface area contributed by atoms with Crippen molar-refractivity contribution in [1.82, 2.24) is 9.97 Å². The Morgan fingerprint density at radius 3 is 2.75 bits per heavy atom. The van der Waals surface area contributed by atoms with Gasteiger partial charge in [0, 0.05) is 12.5 Å². The molecular weight excluding hydrogens is 210 g/mol. The van der Waals surface area contributed by atoms with Crippen molar-refractivity contribution in [3.8, 4) is 0 Å². The van der Waals surface area contributed by atoms with Gasteiger partial charge in [-0.25, -0.2) is 13.8 Å². The molecule has 2 rings (SSSR count). The lowest BCUT2D eigenvalue weighted by Crippen LogP contribution is -1.93. The van der Waals surface area contributed by atoms with Crippen LogP contribution in [0.1, 0.15) is 26.1 Å². The Morgan fingerprint density at radius 2 is 2.06 bits per heavy atom. The van der Waals surface area contributed by atoms with Crippen molar-refractivity contribution in [2.45, 2.75) is 26.7 Å². The van der Waals surface area contributed by atoms with E-state index in [0.29, 0.717) is 17.3 Å². The first-order valence-electron chi connectivity index (χ1n) is 5.40. The Labute approximate surface area is 92.7 Å². The maximum atomic E-state index is 13.3. The smallest absolute Gasteiger partial charge is 0.153 e. The van der Waals surface area contributed by atoms with E-state index in [0.717, 1.165) is 18.9 Å². The second-order valence-corrected chi connectivity index (χ2v) is 4.40. The molecule has 0 radical (unpaired) electrons. The van der Waals surface area contributed by atoms with E-state index in [4.69, 9.17) is 0 Å². The predicted octanol–water partition coefficient (Wildman–Crippen LogP) is 3.43. The van der Waals surface area contributed by atoms with E-state index in [-0.39, 0.29) is 5.52 Å². The molecule has 0 bridgehead atoms. The molecule has 0 unspecified atom stereocenters. The summed E-state index contributed by atoms with van der Waals surface area (Å²) < 4.78 is 26.3. The van der Waals surface area contributed by atoms with Crippen LogP contribution in [0.25, 0.3) is 11.0 Å². The van der Waals surface area contributed by atoms with Crippen LogP contribution in [0.15, 0.2) is 12.1 Å². The van der Waals surface area contributed by atoms with Crippen LogP contribution in [-0.4, -0.2) is 9.97 Å². The summed E-state index contributed by atoms with van der Waals surface area (Å²) in [5, 5.41) is 0. The third kappa shape index (κ3) is 2.21. The molecule has 0 atom stereocenters. The van der Waals surface area contributed by atoms with Crippen molar-refractivity contribution >= 4 is 11.0 Å². The minimum Gasteiger partial charge on any atom is -0.342 e. The fourth-order valence-electron chi connectivity index (χ4n) is 1.64. The minimum absolute atomic E-state index is 0.222. The Hall–Kier alpha value is -1.45. The van der Waals surface area contributed by atoms with Gasteiger partial charge >= 0.3 is 0 Å². The number of H-pyrrole nitrogens is 1. The second kappa shape index (κ2) is 4.20. The Kier molecular flexibility index (Phi) is 2.90. The molecule has 0 aliphatic rings. The molecule has 1 aromatic carbocycles. The number of nitrogens with one attached hydrogen (secondary N) is 1. The summed E-state index contributed by atoms with van der Waals surface area (Å²) in [5.74, 6) is 0.0918. The summed E-state index contributed by atoms with van der Waals surface area (Å²) in [6, 6.07) is 2.12. The molecule has 0 amide bonds. The highest BCUT2D eigenvalue weighted by Crippen LogP contribution is 2.18. The van der Waals surface area contributed by atoms with Crippen LogP contribution in [0.5, 0.6) is 0 Å². The third-order valence-corrected chi connectivity index (χ3v) is 2.51. The molecule has 1 heterocycles. The molecule has 0 aliphatic heterocycles. The summed E-state index contributed by atoms with van der Waals surface area (Å²) >= 11 is 0. The maximum absolute atomic E-state index is 13.3. The van der Waals surface area contributed by atoms with Crippen LogP contribution in [0.2, 0.25) is 0 Å². The normalized spacial score (nSPS) is 11.6. The Morgan fingerprint density at radius 1 is 1.31 bits per heavy atom. The van der Waals surface area contributed by atoms with Gasteiger partial charge in [-0.2, -0.15) is 0 Å². The fraction of sp³-hybridized carbons (Fsp3) is 0.417. The van der Waals surface area contributed by atoms with Crippen LogP contribution >= 0.6 is 0 Å². The van der Waals surface area contributed by atoms with Crippen molar-refractivity contribution in [3.63, 3.8) is 0 Å². The van der Waals surface area contributed by atoms with E-state index >= 15 is 0 Å². The van der Waals surface area contributed by atoms with Crippen LogP contribution < -0.4 is 0 Å². The largest absolute Gasteiger partial charge is 0.342 e. The lowest BCUT2D eigenvalue weighted by molar-refractivity contribution is 0.577. The highest BCUT2D eigenvalue weighted by Gasteiger charge is 2.09. The maximum Gasteiger partial charge on any atom is 0.153 e. The van der Waals surface area contributed by atoms with Gasteiger partial charge in [0.2, 0.25) is 0 Å². The standard InChI is InChI=1S/C12H14F2N2/c1-7(2)3-4-11-15-10-6-8(13)5-9(14)12(10)16-11/h5-7H,3-4H2,1-2H3,(H,15,16). The third-order valence-electron chi connectivity index (χ3n) is 2.51. The minimum atomic E-state index is -0.609. The van der Waals surface area contributed by atoms with Gasteiger partial charge in [-0.05, 0) is 18.4 Å². The second-order valence-electron chi connectivity index (χ2n) is 4.40. The van der Waals surface area contributed by atoms with Crippen LogP contribution in [0.3, 0.4) is 0 Å². The molecule has 0 fully saturated rings. The van der Waals surface area contributed by atoms with Gasteiger partial charge in [0.25, 0.3) is 0 Å². The van der Waals surface area contributed by atoms with Gasteiger partial charge in [0.15, 0.2) is 5.82 Å². The molecule has 0 aliphatic carbocycles. The monoisotopic (exact) mass is 224 g/mol. The topological polar surface area (TPSA) is 28.7 Å². The highest BCUT2D eigenvalue weighted by molar-refractivity contribution is 5.75. The molecule has 0 saturated heterocycles. The number of hydrogen-bond acceptors (Lipinski definition) is 1. The number of hydrogen-bond donors (Lipinski definition) is 1. The number of nitrogens with zero attached hydrogens (tertiary/aromatic N) is 1. The lowest BCUT2D eigenvalue weighted by atomic mass is 10.1. The van der Waals surface area contributed by atoms with E-state index in [1.807, 2.05) is 0 Å². The molecule has 16 heavy (non-hydrogen) atoms. The first-order chi connectivity index (χ1) is 7.56. The SMILES string of the molecule is CC(C)CCc1nc2c(F)cc(F)cc2[nH]1. The number of fused-ring (bicyclic) bond motifs is 1. The number of aromatic amines is 1. The molecule has 1 aromatic heterocycles. The number of aromatic nitrogens is 2. The summed E-state index contributed by atoms with van der Waals surface area (Å²) in [4.78, 5) is 7.07. The van der Waals surface area contributed by atoms with Crippen LogP contribution in [0.4, 0.5) is 8.78 Å². The zero-order valence-corrected chi connectivity index (χ0v) is 9.35. The van der Waals surface area contributed by atoms with E-state index in [1.165, 1.54) is 6.07 Å². The zero-order valence-electron chi connectivity index (χ0n) is 9.35. The molecule has 2 nitrogen and oxygen atoms in total. The quantitative estimate of drug-likeness (QED) is 0.850. The zero-order chi connectivity index (χ0) is 11.7. The average molecular weight is 224 g/mol. The molecule has 4 heteroatoms. The summed E-state index contributed by atoms with van der Waals surface area (Å²) in [5.41, 5.74) is 0.649. The number of aryl methyl sites for hydroxylation is 1. The first kappa shape index (κ1) is 11.0. The average Bonchev–Trinajstić information content (AvgIpc) is 2.57. The highest BCUT2D eigenvalue weighted by atomic mass is 19.1. The molecule has 1 N–H and O–H groups in total. The van der Waals surface area contributed by atoms with Gasteiger partial charge in [0.05, 0.1) is 5.52 Å². The number of halogens is 2. The molecule has 0 spiro atoms. The van der Waals surface area contributed by atoms with E-state index in [2.05, 4.69) is 23.8 Å². The van der Waals surface area contributed by atoms with Gasteiger partial charge in [-0.1, -0.05) is 13.8 Å². The first-order valence-corrected chi connectivity index (χ1v) is 5.40. The Bertz CT molecular complexity index is 503. The van der Waals surface area contributed by atoms with Gasteiger partial charge < -0.3 is 4.98 Å². The van der Waals surface area contributed by atoms with Gasteiger partial charge in [-0.3, -0.25) is 0 Å². The van der Waals surface area contributed by atoms with Crippen LogP contribution in [0, 0.1) is 17.6 Å². The lowest BCUT2D eigenvalue weighted by Gasteiger charge is -2.00. The molecule has 0 saturated carbocycles. The fourth-order valence-corrected chi connectivity index (χ4v) is 1.64. The number of rotatable bonds is 3. The van der Waals surface area contributed by atoms with Crippen molar-refractivity contribution in [2.24, 2.45) is 5.92 Å². The summed E-state index contributed by atoms with van der Waals surface area (Å²) in [6.07, 6.45) is 1.73. The van der Waals surface area contributed by atoms with E-state index in [9.17, 15) is 8.78 Å². The number of imidazole rings is 1. The number of benzene rings is 1. The van der Waals surface area contributed by atoms with Crippen molar-refractivity contribution in [1.29, 1.82) is 0 Å². The predicted molar refractivity (Wildman–Crippen MR) is 59.2 cm³/mol. The van der Waals surface area contributed by atoms with E-state index < -0.39 is 11.6 Å².